The molecule has 0 bridgehead atoms. The van der Waals surface area contributed by atoms with Crippen LogP contribution < -0.4 is 10.6 Å². The third kappa shape index (κ3) is 3.75. The zero-order valence-electron chi connectivity index (χ0n) is 15.3. The van der Waals surface area contributed by atoms with Crippen molar-refractivity contribution < 1.29 is 9.18 Å². The molecule has 1 atom stereocenters. The van der Waals surface area contributed by atoms with Crippen LogP contribution in [-0.2, 0) is 11.8 Å². The van der Waals surface area contributed by atoms with E-state index in [0.29, 0.717) is 18.8 Å². The van der Waals surface area contributed by atoms with Gasteiger partial charge in [0.2, 0.25) is 5.91 Å². The number of hydrogen-bond donors (Lipinski definition) is 2. The van der Waals surface area contributed by atoms with Crippen molar-refractivity contribution in [3.63, 3.8) is 0 Å². The summed E-state index contributed by atoms with van der Waals surface area (Å²) in [6, 6.07) is 4.28. The minimum atomic E-state index is -0.522. The van der Waals surface area contributed by atoms with Crippen molar-refractivity contribution in [2.45, 2.75) is 6.04 Å². The Labute approximate surface area is 160 Å². The first-order valence-electron chi connectivity index (χ1n) is 8.86. The predicted octanol–water partition coefficient (Wildman–Crippen LogP) is 0.120. The smallest absolute Gasteiger partial charge is 0.238 e. The minimum Gasteiger partial charge on any atom is -0.337 e. The average molecular weight is 385 g/mol. The highest BCUT2D eigenvalue weighted by atomic mass is 19.1. The Morgan fingerprint density at radius 2 is 2.32 bits per heavy atom. The van der Waals surface area contributed by atoms with Gasteiger partial charge in [0.1, 0.15) is 18.0 Å². The Morgan fingerprint density at radius 1 is 1.43 bits per heavy atom. The van der Waals surface area contributed by atoms with Crippen LogP contribution in [0, 0.1) is 5.82 Å². The molecule has 1 aliphatic rings. The number of tetrazole rings is 1. The predicted molar refractivity (Wildman–Crippen MR) is 98.1 cm³/mol. The van der Waals surface area contributed by atoms with Crippen LogP contribution in [0.2, 0.25) is 0 Å². The quantitative estimate of drug-likeness (QED) is 0.643. The first kappa shape index (κ1) is 18.2. The molecule has 0 saturated carbocycles. The van der Waals surface area contributed by atoms with Gasteiger partial charge in [0.25, 0.3) is 0 Å². The largest absolute Gasteiger partial charge is 0.337 e. The van der Waals surface area contributed by atoms with Crippen molar-refractivity contribution in [1.82, 2.24) is 40.0 Å². The number of benzene rings is 1. The number of aryl methyl sites for hydroxylation is 1. The maximum atomic E-state index is 14.2. The summed E-state index contributed by atoms with van der Waals surface area (Å²) in [7, 11) is 1.93. The standard InChI is InChI=1S/C17H20FN9O/c1-25-6-5-20-17(25)15-9-19-4-7-26(15)10-16(28)22-14-8-12(2-3-13(14)18)27-11-21-23-24-27/h2-3,5-6,8,11,15,19H,4,7,9-10H2,1H3,(H,22,28). The van der Waals surface area contributed by atoms with E-state index in [1.165, 1.54) is 29.2 Å². The normalized spacial score (nSPS) is 17.6. The fourth-order valence-electron chi connectivity index (χ4n) is 3.29. The number of amides is 1. The molecule has 3 aromatic rings. The van der Waals surface area contributed by atoms with Gasteiger partial charge in [0.15, 0.2) is 0 Å². The lowest BCUT2D eigenvalue weighted by Gasteiger charge is -2.35. The van der Waals surface area contributed by atoms with Crippen molar-refractivity contribution in [1.29, 1.82) is 0 Å². The van der Waals surface area contributed by atoms with Crippen LogP contribution in [-0.4, -0.2) is 66.7 Å². The molecule has 0 radical (unpaired) electrons. The van der Waals surface area contributed by atoms with E-state index in [1.54, 1.807) is 6.20 Å². The summed E-state index contributed by atoms with van der Waals surface area (Å²) in [6.07, 6.45) is 5.02. The number of hydrogen-bond acceptors (Lipinski definition) is 7. The number of rotatable bonds is 5. The Morgan fingerprint density at radius 3 is 3.07 bits per heavy atom. The minimum absolute atomic E-state index is 0.0306. The SMILES string of the molecule is Cn1ccnc1C1CNCCN1CC(=O)Nc1cc(-n2cnnn2)ccc1F. The van der Waals surface area contributed by atoms with Gasteiger partial charge in [-0.1, -0.05) is 0 Å². The lowest BCUT2D eigenvalue weighted by atomic mass is 10.1. The number of halogens is 1. The summed E-state index contributed by atoms with van der Waals surface area (Å²) < 4.78 is 17.5. The van der Waals surface area contributed by atoms with Crippen LogP contribution in [0.4, 0.5) is 10.1 Å². The van der Waals surface area contributed by atoms with Gasteiger partial charge in [-0.3, -0.25) is 9.69 Å². The van der Waals surface area contributed by atoms with Crippen molar-refractivity contribution >= 4 is 11.6 Å². The van der Waals surface area contributed by atoms with Gasteiger partial charge in [-0.25, -0.2) is 14.1 Å². The van der Waals surface area contributed by atoms with E-state index in [1.807, 2.05) is 22.7 Å². The molecule has 10 nitrogen and oxygen atoms in total. The number of aromatic nitrogens is 6. The zero-order valence-corrected chi connectivity index (χ0v) is 15.3. The molecule has 1 aromatic carbocycles. The highest BCUT2D eigenvalue weighted by molar-refractivity contribution is 5.92. The van der Waals surface area contributed by atoms with Gasteiger partial charge in [-0.15, -0.1) is 5.10 Å². The van der Waals surface area contributed by atoms with E-state index < -0.39 is 5.82 Å². The van der Waals surface area contributed by atoms with Gasteiger partial charge in [0, 0.05) is 39.1 Å². The summed E-state index contributed by atoms with van der Waals surface area (Å²) in [5.74, 6) is 0.0619. The van der Waals surface area contributed by atoms with E-state index in [0.717, 1.165) is 12.4 Å². The van der Waals surface area contributed by atoms with Crippen LogP contribution >= 0.6 is 0 Å². The maximum Gasteiger partial charge on any atom is 0.238 e. The Hall–Kier alpha value is -3.18. The van der Waals surface area contributed by atoms with Gasteiger partial charge in [-0.05, 0) is 28.6 Å². The van der Waals surface area contributed by atoms with Gasteiger partial charge < -0.3 is 15.2 Å². The molecule has 1 unspecified atom stereocenters. The van der Waals surface area contributed by atoms with Gasteiger partial charge in [-0.2, -0.15) is 0 Å². The first-order valence-corrected chi connectivity index (χ1v) is 8.86. The van der Waals surface area contributed by atoms with Crippen molar-refractivity contribution in [2.75, 3.05) is 31.5 Å². The Balaban J connectivity index is 1.48. The highest BCUT2D eigenvalue weighted by Gasteiger charge is 2.28. The van der Waals surface area contributed by atoms with Crippen molar-refractivity contribution in [2.24, 2.45) is 7.05 Å². The lowest BCUT2D eigenvalue weighted by Crippen LogP contribution is -2.49. The summed E-state index contributed by atoms with van der Waals surface area (Å²) in [5.41, 5.74) is 0.636. The van der Waals surface area contributed by atoms with Gasteiger partial charge in [0.05, 0.1) is 24.0 Å². The van der Waals surface area contributed by atoms with Crippen LogP contribution in [0.3, 0.4) is 0 Å². The number of carbonyl (C=O) groups excluding carboxylic acids is 1. The molecule has 146 valence electrons. The molecule has 1 fully saturated rings. The van der Waals surface area contributed by atoms with E-state index in [2.05, 4.69) is 31.1 Å². The number of nitrogens with zero attached hydrogens (tertiary/aromatic N) is 7. The van der Waals surface area contributed by atoms with E-state index >= 15 is 0 Å². The number of nitrogens with one attached hydrogen (secondary N) is 2. The number of carbonyl (C=O) groups is 1. The van der Waals surface area contributed by atoms with Crippen LogP contribution in [0.25, 0.3) is 5.69 Å². The Bertz CT molecular complexity index is 955. The maximum absolute atomic E-state index is 14.2. The monoisotopic (exact) mass is 385 g/mol. The van der Waals surface area contributed by atoms with Gasteiger partial charge >= 0.3 is 0 Å². The topological polar surface area (TPSA) is 106 Å². The molecule has 3 heterocycles. The third-order valence-electron chi connectivity index (χ3n) is 4.70. The lowest BCUT2D eigenvalue weighted by molar-refractivity contribution is -0.118. The molecule has 1 amide bonds. The summed E-state index contributed by atoms with van der Waals surface area (Å²) in [4.78, 5) is 19.1. The number of imidazole rings is 1. The van der Waals surface area contributed by atoms with Crippen LogP contribution in [0.1, 0.15) is 11.9 Å². The first-order chi connectivity index (χ1) is 13.6. The second-order valence-corrected chi connectivity index (χ2v) is 6.55. The fourth-order valence-corrected chi connectivity index (χ4v) is 3.29. The molecular weight excluding hydrogens is 365 g/mol. The second kappa shape index (κ2) is 7.82. The number of anilines is 1. The Kier molecular flexibility index (Phi) is 5.08. The molecule has 11 heteroatoms. The van der Waals surface area contributed by atoms with E-state index in [-0.39, 0.29) is 24.2 Å². The molecule has 1 saturated heterocycles. The number of piperazine rings is 1. The molecule has 2 N–H and O–H groups in total. The second-order valence-electron chi connectivity index (χ2n) is 6.55. The molecule has 28 heavy (non-hydrogen) atoms. The molecule has 0 spiro atoms. The molecule has 4 rings (SSSR count). The fraction of sp³-hybridized carbons (Fsp3) is 0.353. The van der Waals surface area contributed by atoms with Crippen molar-refractivity contribution in [3.05, 3.63) is 48.6 Å². The average Bonchev–Trinajstić information content (AvgIpc) is 3.36. The summed E-state index contributed by atoms with van der Waals surface area (Å²) in [5, 5.41) is 16.9. The van der Waals surface area contributed by atoms with E-state index in [9.17, 15) is 9.18 Å². The molecule has 0 aliphatic carbocycles. The zero-order chi connectivity index (χ0) is 19.5. The summed E-state index contributed by atoms with van der Waals surface area (Å²) >= 11 is 0. The summed E-state index contributed by atoms with van der Waals surface area (Å²) in [6.45, 7) is 2.30. The van der Waals surface area contributed by atoms with Crippen LogP contribution in [0.5, 0.6) is 0 Å². The third-order valence-corrected chi connectivity index (χ3v) is 4.70. The molecule has 2 aromatic heterocycles. The highest BCUT2D eigenvalue weighted by Crippen LogP contribution is 2.21. The van der Waals surface area contributed by atoms with E-state index in [4.69, 9.17) is 0 Å². The van der Waals surface area contributed by atoms with Crippen LogP contribution in [0.15, 0.2) is 36.9 Å². The molecular formula is C17H20FN9O. The van der Waals surface area contributed by atoms with Crippen molar-refractivity contribution in [3.8, 4) is 5.69 Å². The molecule has 1 aliphatic heterocycles.